The van der Waals surface area contributed by atoms with Gasteiger partial charge in [-0.3, -0.25) is 14.6 Å². The van der Waals surface area contributed by atoms with Crippen LogP contribution in [0.15, 0.2) is 28.9 Å². The average Bonchev–Trinajstić information content (AvgIpc) is 2.60. The Morgan fingerprint density at radius 3 is 2.38 bits per heavy atom. The fourth-order valence-electron chi connectivity index (χ4n) is 3.59. The summed E-state index contributed by atoms with van der Waals surface area (Å²) in [6.07, 6.45) is 4.19. The van der Waals surface area contributed by atoms with Gasteiger partial charge in [0, 0.05) is 41.8 Å². The van der Waals surface area contributed by atoms with Crippen LogP contribution in [0.2, 0.25) is 0 Å². The molecule has 1 saturated carbocycles. The summed E-state index contributed by atoms with van der Waals surface area (Å²) in [7, 11) is 1.55. The third kappa shape index (κ3) is 3.94. The van der Waals surface area contributed by atoms with Crippen molar-refractivity contribution in [1.29, 1.82) is 0 Å². The number of aliphatic imine (C=N–C) groups is 1. The standard InChI is InChI=1S/C22H25NO3/c1-6-9-15-10-14(4)21(20(11-15)26-5)22-18(24)12-16(13-19(22)25)17(7-2)23-8-3/h7-8,10-11,16,22H,12-13H2,1-5H3/b17-7-,23-8-. The van der Waals surface area contributed by atoms with E-state index in [0.29, 0.717) is 24.2 Å². The number of ether oxygens (including phenoxy) is 1. The van der Waals surface area contributed by atoms with E-state index >= 15 is 0 Å². The Kier molecular flexibility index (Phi) is 6.52. The Bertz CT molecular complexity index is 819. The summed E-state index contributed by atoms with van der Waals surface area (Å²) >= 11 is 0. The van der Waals surface area contributed by atoms with E-state index in [9.17, 15) is 9.59 Å². The predicted octanol–water partition coefficient (Wildman–Crippen LogP) is 4.00. The summed E-state index contributed by atoms with van der Waals surface area (Å²) in [5, 5.41) is 0. The first-order chi connectivity index (χ1) is 12.5. The largest absolute Gasteiger partial charge is 0.496 e. The van der Waals surface area contributed by atoms with Crippen molar-refractivity contribution in [2.45, 2.75) is 46.5 Å². The lowest BCUT2D eigenvalue weighted by Crippen LogP contribution is -2.33. The number of aryl methyl sites for hydroxylation is 1. The second kappa shape index (κ2) is 8.62. The zero-order valence-corrected chi connectivity index (χ0v) is 16.1. The van der Waals surface area contributed by atoms with Crippen molar-refractivity contribution in [1.82, 2.24) is 0 Å². The van der Waals surface area contributed by atoms with Crippen LogP contribution in [0.3, 0.4) is 0 Å². The molecule has 0 spiro atoms. The molecule has 26 heavy (non-hydrogen) atoms. The van der Waals surface area contributed by atoms with E-state index in [2.05, 4.69) is 16.8 Å². The van der Waals surface area contributed by atoms with Crippen LogP contribution in [0.5, 0.6) is 5.75 Å². The summed E-state index contributed by atoms with van der Waals surface area (Å²) in [6.45, 7) is 7.36. The van der Waals surface area contributed by atoms with E-state index in [0.717, 1.165) is 16.8 Å². The summed E-state index contributed by atoms with van der Waals surface area (Å²) in [6, 6.07) is 3.70. The number of carbonyl (C=O) groups is 2. The minimum Gasteiger partial charge on any atom is -0.496 e. The first-order valence-corrected chi connectivity index (χ1v) is 8.78. The molecule has 1 aromatic rings. The molecule has 1 aliphatic rings. The van der Waals surface area contributed by atoms with Gasteiger partial charge >= 0.3 is 0 Å². The Hall–Kier alpha value is -2.67. The van der Waals surface area contributed by atoms with E-state index in [4.69, 9.17) is 4.74 Å². The van der Waals surface area contributed by atoms with Crippen LogP contribution in [0.1, 0.15) is 56.2 Å². The number of Topliss-reactive ketones (excluding diaryl/α,β-unsaturated/α-hetero) is 2. The SMILES string of the molecule is CC#Cc1cc(C)c(C2C(=O)CC(C(=C/C)/N=C\C)CC2=O)c(OC)c1. The lowest BCUT2D eigenvalue weighted by Gasteiger charge is -2.28. The molecule has 4 heteroatoms. The molecule has 0 bridgehead atoms. The van der Waals surface area contributed by atoms with Gasteiger partial charge in [0.05, 0.1) is 7.11 Å². The van der Waals surface area contributed by atoms with Crippen LogP contribution in [-0.4, -0.2) is 24.9 Å². The van der Waals surface area contributed by atoms with Crippen molar-refractivity contribution in [3.63, 3.8) is 0 Å². The van der Waals surface area contributed by atoms with Gasteiger partial charge in [-0.2, -0.15) is 0 Å². The van der Waals surface area contributed by atoms with Gasteiger partial charge in [0.15, 0.2) is 0 Å². The van der Waals surface area contributed by atoms with Crippen molar-refractivity contribution in [3.05, 3.63) is 40.6 Å². The van der Waals surface area contributed by atoms with Crippen LogP contribution in [-0.2, 0) is 9.59 Å². The Morgan fingerprint density at radius 2 is 1.88 bits per heavy atom. The van der Waals surface area contributed by atoms with Gasteiger partial charge in [-0.1, -0.05) is 12.0 Å². The minimum absolute atomic E-state index is 0.0763. The van der Waals surface area contributed by atoms with Crippen molar-refractivity contribution in [2.24, 2.45) is 10.9 Å². The number of hydrogen-bond donors (Lipinski definition) is 0. The molecule has 0 atom stereocenters. The summed E-state index contributed by atoms with van der Waals surface area (Å²) in [4.78, 5) is 30.1. The van der Waals surface area contributed by atoms with E-state index in [1.54, 1.807) is 26.3 Å². The van der Waals surface area contributed by atoms with Gasteiger partial charge in [-0.25, -0.2) is 0 Å². The quantitative estimate of drug-likeness (QED) is 0.468. The molecule has 0 radical (unpaired) electrons. The summed E-state index contributed by atoms with van der Waals surface area (Å²) in [5.41, 5.74) is 3.13. The number of rotatable bonds is 4. The molecule has 4 nitrogen and oxygen atoms in total. The molecule has 0 aromatic heterocycles. The van der Waals surface area contributed by atoms with Gasteiger partial charge in [0.25, 0.3) is 0 Å². The van der Waals surface area contributed by atoms with Crippen LogP contribution >= 0.6 is 0 Å². The van der Waals surface area contributed by atoms with Crippen molar-refractivity contribution < 1.29 is 14.3 Å². The van der Waals surface area contributed by atoms with Crippen molar-refractivity contribution >= 4 is 17.8 Å². The third-order valence-corrected chi connectivity index (χ3v) is 4.66. The first-order valence-electron chi connectivity index (χ1n) is 8.78. The summed E-state index contributed by atoms with van der Waals surface area (Å²) < 4.78 is 5.49. The van der Waals surface area contributed by atoms with Gasteiger partial charge in [-0.05, 0) is 45.4 Å². The lowest BCUT2D eigenvalue weighted by atomic mass is 9.74. The molecular weight excluding hydrogens is 326 g/mol. The molecule has 1 aromatic carbocycles. The molecule has 0 heterocycles. The Labute approximate surface area is 155 Å². The van der Waals surface area contributed by atoms with Crippen LogP contribution < -0.4 is 4.74 Å². The van der Waals surface area contributed by atoms with E-state index in [1.807, 2.05) is 32.9 Å². The highest BCUT2D eigenvalue weighted by Crippen LogP contribution is 2.39. The fraction of sp³-hybridized carbons (Fsp3) is 0.409. The van der Waals surface area contributed by atoms with Gasteiger partial charge in [-0.15, -0.1) is 5.92 Å². The zero-order valence-electron chi connectivity index (χ0n) is 16.1. The number of nitrogens with zero attached hydrogens (tertiary/aromatic N) is 1. The molecule has 0 saturated heterocycles. The molecule has 0 N–H and O–H groups in total. The van der Waals surface area contributed by atoms with E-state index < -0.39 is 5.92 Å². The molecule has 2 rings (SSSR count). The molecule has 1 aliphatic carbocycles. The molecular formula is C22H25NO3. The minimum atomic E-state index is -0.770. The van der Waals surface area contributed by atoms with Crippen LogP contribution in [0, 0.1) is 24.7 Å². The van der Waals surface area contributed by atoms with Crippen LogP contribution in [0.4, 0.5) is 0 Å². The maximum Gasteiger partial charge on any atom is 0.148 e. The number of hydrogen-bond acceptors (Lipinski definition) is 4. The molecule has 1 fully saturated rings. The number of carbonyl (C=O) groups excluding carboxylic acids is 2. The molecule has 136 valence electrons. The van der Waals surface area contributed by atoms with E-state index in [-0.39, 0.29) is 17.5 Å². The third-order valence-electron chi connectivity index (χ3n) is 4.66. The fourth-order valence-corrected chi connectivity index (χ4v) is 3.59. The van der Waals surface area contributed by atoms with E-state index in [1.165, 1.54) is 0 Å². The van der Waals surface area contributed by atoms with Crippen molar-refractivity contribution in [2.75, 3.05) is 7.11 Å². The maximum atomic E-state index is 12.9. The highest BCUT2D eigenvalue weighted by Gasteiger charge is 2.39. The number of ketones is 2. The Morgan fingerprint density at radius 1 is 1.23 bits per heavy atom. The predicted molar refractivity (Wildman–Crippen MR) is 104 cm³/mol. The highest BCUT2D eigenvalue weighted by atomic mass is 16.5. The topological polar surface area (TPSA) is 55.7 Å². The molecule has 0 aliphatic heterocycles. The van der Waals surface area contributed by atoms with Crippen LogP contribution in [0.25, 0.3) is 0 Å². The molecule has 0 unspecified atom stereocenters. The molecule has 0 amide bonds. The second-order valence-corrected chi connectivity index (χ2v) is 6.36. The smallest absolute Gasteiger partial charge is 0.148 e. The summed E-state index contributed by atoms with van der Waals surface area (Å²) in [5.74, 6) is 5.33. The average molecular weight is 351 g/mol. The van der Waals surface area contributed by atoms with Crippen molar-refractivity contribution in [3.8, 4) is 17.6 Å². The zero-order chi connectivity index (χ0) is 19.3. The number of methoxy groups -OCH3 is 1. The maximum absolute atomic E-state index is 12.9. The first kappa shape index (κ1) is 19.7. The second-order valence-electron chi connectivity index (χ2n) is 6.36. The highest BCUT2D eigenvalue weighted by molar-refractivity contribution is 6.10. The van der Waals surface area contributed by atoms with Gasteiger partial charge in [0.1, 0.15) is 23.2 Å². The lowest BCUT2D eigenvalue weighted by molar-refractivity contribution is -0.133. The van der Waals surface area contributed by atoms with Gasteiger partial charge < -0.3 is 4.74 Å². The Balaban J connectivity index is 2.43. The van der Waals surface area contributed by atoms with Gasteiger partial charge in [0.2, 0.25) is 0 Å². The monoisotopic (exact) mass is 351 g/mol. The number of allylic oxidation sites excluding steroid dienone is 2. The number of benzene rings is 1. The normalized spacial score (nSPS) is 20.9.